The third kappa shape index (κ3) is 4.34. The molecule has 2 amide bonds. The zero-order chi connectivity index (χ0) is 24.1. The van der Waals surface area contributed by atoms with Crippen LogP contribution in [0.2, 0.25) is 0 Å². The lowest BCUT2D eigenvalue weighted by atomic mass is 10.0. The van der Waals surface area contributed by atoms with Gasteiger partial charge in [0.15, 0.2) is 0 Å². The lowest BCUT2D eigenvalue weighted by Crippen LogP contribution is -2.32. The van der Waals surface area contributed by atoms with Crippen LogP contribution in [0.25, 0.3) is 5.57 Å². The Morgan fingerprint density at radius 2 is 1.65 bits per heavy atom. The van der Waals surface area contributed by atoms with Gasteiger partial charge < -0.3 is 14.8 Å². The fourth-order valence-electron chi connectivity index (χ4n) is 3.65. The predicted octanol–water partition coefficient (Wildman–Crippen LogP) is 4.75. The molecule has 0 saturated carbocycles. The lowest BCUT2D eigenvalue weighted by molar-refractivity contribution is -0.120. The average molecular weight is 453 g/mol. The third-order valence-corrected chi connectivity index (χ3v) is 5.32. The van der Waals surface area contributed by atoms with Gasteiger partial charge in [0.25, 0.3) is 11.8 Å². The average Bonchev–Trinajstić information content (AvgIpc) is 3.12. The van der Waals surface area contributed by atoms with Crippen molar-refractivity contribution in [2.45, 2.75) is 13.3 Å². The molecule has 4 rings (SSSR count). The normalized spacial score (nSPS) is 13.1. The summed E-state index contributed by atoms with van der Waals surface area (Å²) in [5.41, 5.74) is 2.33. The number of nitriles is 1. The van der Waals surface area contributed by atoms with Crippen LogP contribution in [0, 0.1) is 11.3 Å². The van der Waals surface area contributed by atoms with Crippen LogP contribution in [0.5, 0.6) is 11.5 Å². The molecule has 3 aromatic carbocycles. The molecule has 0 bridgehead atoms. The number of para-hydroxylation sites is 2. The first-order valence-corrected chi connectivity index (χ1v) is 10.8. The molecule has 0 aromatic heterocycles. The van der Waals surface area contributed by atoms with Crippen LogP contribution >= 0.6 is 0 Å². The highest BCUT2D eigenvalue weighted by molar-refractivity contribution is 6.46. The first-order valence-electron chi connectivity index (χ1n) is 10.8. The van der Waals surface area contributed by atoms with Crippen molar-refractivity contribution < 1.29 is 19.1 Å². The molecule has 0 fully saturated rings. The Morgan fingerprint density at radius 1 is 0.941 bits per heavy atom. The van der Waals surface area contributed by atoms with Gasteiger partial charge in [0.1, 0.15) is 17.2 Å². The Balaban J connectivity index is 1.77. The second-order valence-electron chi connectivity index (χ2n) is 7.55. The van der Waals surface area contributed by atoms with Crippen molar-refractivity contribution in [1.29, 1.82) is 5.26 Å². The SMILES string of the molecule is CCCOc1ccc(C2=C(Nc3ccccc3OC)C(=O)N(c3ccc(C#N)cc3)C2=O)cc1. The van der Waals surface area contributed by atoms with E-state index in [2.05, 4.69) is 5.32 Å². The fraction of sp³-hybridized carbons (Fsp3) is 0.148. The van der Waals surface area contributed by atoms with Crippen molar-refractivity contribution in [2.24, 2.45) is 0 Å². The summed E-state index contributed by atoms with van der Waals surface area (Å²) in [7, 11) is 1.54. The molecule has 1 N–H and O–H groups in total. The summed E-state index contributed by atoms with van der Waals surface area (Å²) in [6, 6.07) is 22.6. The van der Waals surface area contributed by atoms with Gasteiger partial charge in [-0.05, 0) is 60.5 Å². The minimum atomic E-state index is -0.498. The molecule has 0 saturated heterocycles. The Bertz CT molecular complexity index is 1290. The van der Waals surface area contributed by atoms with E-state index >= 15 is 0 Å². The van der Waals surface area contributed by atoms with Gasteiger partial charge in [-0.3, -0.25) is 9.59 Å². The van der Waals surface area contributed by atoms with E-state index in [0.29, 0.717) is 40.6 Å². The number of amides is 2. The molecule has 34 heavy (non-hydrogen) atoms. The monoisotopic (exact) mass is 453 g/mol. The molecule has 0 radical (unpaired) electrons. The Kier molecular flexibility index (Phi) is 6.60. The number of nitrogens with one attached hydrogen (secondary N) is 1. The molecule has 7 nitrogen and oxygen atoms in total. The van der Waals surface area contributed by atoms with Crippen LogP contribution in [0.1, 0.15) is 24.5 Å². The van der Waals surface area contributed by atoms with Crippen LogP contribution in [0.4, 0.5) is 11.4 Å². The van der Waals surface area contributed by atoms with Gasteiger partial charge in [0.05, 0.1) is 42.3 Å². The molecular weight excluding hydrogens is 430 g/mol. The first kappa shape index (κ1) is 22.6. The summed E-state index contributed by atoms with van der Waals surface area (Å²) in [6.07, 6.45) is 0.881. The Morgan fingerprint density at radius 3 is 2.29 bits per heavy atom. The van der Waals surface area contributed by atoms with E-state index in [-0.39, 0.29) is 11.3 Å². The summed E-state index contributed by atoms with van der Waals surface area (Å²) >= 11 is 0. The third-order valence-electron chi connectivity index (χ3n) is 5.32. The molecule has 1 aliphatic rings. The van der Waals surface area contributed by atoms with Crippen molar-refractivity contribution >= 4 is 28.8 Å². The zero-order valence-corrected chi connectivity index (χ0v) is 18.9. The van der Waals surface area contributed by atoms with Crippen molar-refractivity contribution in [3.63, 3.8) is 0 Å². The molecular formula is C27H23N3O4. The van der Waals surface area contributed by atoms with E-state index in [1.54, 1.807) is 60.7 Å². The van der Waals surface area contributed by atoms with Crippen molar-refractivity contribution in [3.8, 4) is 17.6 Å². The molecule has 7 heteroatoms. The smallest absolute Gasteiger partial charge is 0.282 e. The number of ether oxygens (including phenoxy) is 2. The molecule has 3 aromatic rings. The maximum atomic E-state index is 13.6. The number of nitrogens with zero attached hydrogens (tertiary/aromatic N) is 2. The second kappa shape index (κ2) is 9.92. The number of carbonyl (C=O) groups excluding carboxylic acids is 2. The van der Waals surface area contributed by atoms with Crippen molar-refractivity contribution in [1.82, 2.24) is 0 Å². The van der Waals surface area contributed by atoms with Gasteiger partial charge in [-0.2, -0.15) is 5.26 Å². The molecule has 0 aliphatic carbocycles. The van der Waals surface area contributed by atoms with Gasteiger partial charge >= 0.3 is 0 Å². The van der Waals surface area contributed by atoms with Crippen molar-refractivity contribution in [3.05, 3.63) is 89.6 Å². The number of hydrogen-bond donors (Lipinski definition) is 1. The van der Waals surface area contributed by atoms with Crippen LogP contribution < -0.4 is 19.7 Å². The molecule has 0 unspecified atom stereocenters. The predicted molar refractivity (Wildman–Crippen MR) is 129 cm³/mol. The number of anilines is 2. The number of hydrogen-bond acceptors (Lipinski definition) is 6. The van der Waals surface area contributed by atoms with E-state index < -0.39 is 11.8 Å². The maximum absolute atomic E-state index is 13.6. The standard InChI is InChI=1S/C27H23N3O4/c1-3-16-34-21-14-10-19(11-15-21)24-25(29-22-6-4-5-7-23(22)33-2)27(32)30(26(24)31)20-12-8-18(17-28)9-13-20/h4-15,29H,3,16H2,1-2H3. The summed E-state index contributed by atoms with van der Waals surface area (Å²) in [5.74, 6) is 0.261. The number of carbonyl (C=O) groups is 2. The van der Waals surface area contributed by atoms with Crippen LogP contribution in [0.15, 0.2) is 78.5 Å². The minimum Gasteiger partial charge on any atom is -0.495 e. The van der Waals surface area contributed by atoms with Crippen molar-refractivity contribution in [2.75, 3.05) is 23.9 Å². The molecule has 170 valence electrons. The van der Waals surface area contributed by atoms with E-state index in [1.165, 1.54) is 7.11 Å². The van der Waals surface area contributed by atoms with Crippen LogP contribution in [-0.2, 0) is 9.59 Å². The summed E-state index contributed by atoms with van der Waals surface area (Å²) in [4.78, 5) is 28.2. The highest BCUT2D eigenvalue weighted by Gasteiger charge is 2.40. The zero-order valence-electron chi connectivity index (χ0n) is 18.9. The second-order valence-corrected chi connectivity index (χ2v) is 7.55. The first-order chi connectivity index (χ1) is 16.6. The molecule has 1 aliphatic heterocycles. The summed E-state index contributed by atoms with van der Waals surface area (Å²) in [6.45, 7) is 2.61. The fourth-order valence-corrected chi connectivity index (χ4v) is 3.65. The Hall–Kier alpha value is -4.57. The molecule has 0 atom stereocenters. The van der Waals surface area contributed by atoms with E-state index in [4.69, 9.17) is 14.7 Å². The largest absolute Gasteiger partial charge is 0.495 e. The van der Waals surface area contributed by atoms with E-state index in [0.717, 1.165) is 11.3 Å². The lowest BCUT2D eigenvalue weighted by Gasteiger charge is -2.16. The van der Waals surface area contributed by atoms with Gasteiger partial charge in [-0.15, -0.1) is 0 Å². The quantitative estimate of drug-likeness (QED) is 0.495. The molecule has 1 heterocycles. The number of benzene rings is 3. The van der Waals surface area contributed by atoms with E-state index in [9.17, 15) is 9.59 Å². The van der Waals surface area contributed by atoms with Gasteiger partial charge in [0.2, 0.25) is 0 Å². The van der Waals surface area contributed by atoms with Crippen LogP contribution in [0.3, 0.4) is 0 Å². The summed E-state index contributed by atoms with van der Waals surface area (Å²) in [5, 5.41) is 12.2. The maximum Gasteiger partial charge on any atom is 0.282 e. The van der Waals surface area contributed by atoms with Crippen LogP contribution in [-0.4, -0.2) is 25.5 Å². The number of methoxy groups -OCH3 is 1. The highest BCUT2D eigenvalue weighted by Crippen LogP contribution is 2.36. The van der Waals surface area contributed by atoms with Gasteiger partial charge in [0, 0.05) is 0 Å². The topological polar surface area (TPSA) is 91.7 Å². The van der Waals surface area contributed by atoms with E-state index in [1.807, 2.05) is 25.1 Å². The molecule has 0 spiro atoms. The minimum absolute atomic E-state index is 0.140. The van der Waals surface area contributed by atoms with Gasteiger partial charge in [-0.25, -0.2) is 4.90 Å². The number of imide groups is 1. The van der Waals surface area contributed by atoms with Gasteiger partial charge in [-0.1, -0.05) is 31.2 Å². The summed E-state index contributed by atoms with van der Waals surface area (Å²) < 4.78 is 11.1. The highest BCUT2D eigenvalue weighted by atomic mass is 16.5. The number of rotatable bonds is 8. The Labute approximate surface area is 197 Å².